The van der Waals surface area contributed by atoms with Gasteiger partial charge in [-0.3, -0.25) is 14.5 Å². The number of nitrogens with zero attached hydrogens (tertiary/aromatic N) is 4. The molecule has 24 heavy (non-hydrogen) atoms. The summed E-state index contributed by atoms with van der Waals surface area (Å²) in [6, 6.07) is 7.92. The topological polar surface area (TPSA) is 60.2 Å². The van der Waals surface area contributed by atoms with Crippen LogP contribution in [0.1, 0.15) is 23.0 Å². The summed E-state index contributed by atoms with van der Waals surface area (Å²) in [7, 11) is 1.70. The average molecular weight is 328 g/mol. The minimum Gasteiger partial charge on any atom is -0.384 e. The van der Waals surface area contributed by atoms with Crippen LogP contribution in [-0.4, -0.2) is 52.4 Å². The van der Waals surface area contributed by atoms with Crippen molar-refractivity contribution in [3.8, 4) is 0 Å². The maximum absolute atomic E-state index is 12.7. The number of aryl methyl sites for hydroxylation is 2. The molecule has 1 fully saturated rings. The van der Waals surface area contributed by atoms with E-state index in [0.29, 0.717) is 19.7 Å². The molecule has 3 rings (SSSR count). The van der Waals surface area contributed by atoms with Crippen LogP contribution in [0.3, 0.4) is 0 Å². The second-order valence-corrected chi connectivity index (χ2v) is 6.46. The summed E-state index contributed by atoms with van der Waals surface area (Å²) >= 11 is 0. The van der Waals surface area contributed by atoms with Crippen molar-refractivity contribution < 1.29 is 9.53 Å². The van der Waals surface area contributed by atoms with Gasteiger partial charge in [0, 0.05) is 49.6 Å². The molecule has 2 aromatic rings. The lowest BCUT2D eigenvalue weighted by atomic mass is 9.93. The molecule has 0 unspecified atom stereocenters. The van der Waals surface area contributed by atoms with E-state index in [1.807, 2.05) is 43.0 Å². The maximum Gasteiger partial charge on any atom is 0.244 e. The predicted molar refractivity (Wildman–Crippen MR) is 90.6 cm³/mol. The van der Waals surface area contributed by atoms with Gasteiger partial charge in [-0.1, -0.05) is 6.07 Å². The largest absolute Gasteiger partial charge is 0.384 e. The summed E-state index contributed by atoms with van der Waals surface area (Å²) in [6.45, 7) is 6.22. The number of aromatic nitrogens is 3. The lowest BCUT2D eigenvalue weighted by Crippen LogP contribution is -2.33. The van der Waals surface area contributed by atoms with Crippen molar-refractivity contribution in [2.75, 3.05) is 26.8 Å². The third-order valence-corrected chi connectivity index (χ3v) is 4.63. The van der Waals surface area contributed by atoms with Gasteiger partial charge in [-0.05, 0) is 32.0 Å². The Labute approximate surface area is 142 Å². The molecule has 0 spiro atoms. The van der Waals surface area contributed by atoms with Gasteiger partial charge < -0.3 is 9.64 Å². The van der Waals surface area contributed by atoms with E-state index in [0.717, 1.165) is 17.1 Å². The molecule has 0 saturated carbocycles. The van der Waals surface area contributed by atoms with Gasteiger partial charge >= 0.3 is 0 Å². The van der Waals surface area contributed by atoms with E-state index in [1.54, 1.807) is 18.0 Å². The molecule has 1 aliphatic rings. The predicted octanol–water partition coefficient (Wildman–Crippen LogP) is 1.78. The van der Waals surface area contributed by atoms with Crippen LogP contribution in [0.2, 0.25) is 0 Å². The molecule has 2 aromatic heterocycles. The SMILES string of the molecule is COC[C@@H]1CN(C(=O)Cn2nc(C)cc2C)C[C@H]1c1ccccn1. The summed E-state index contributed by atoms with van der Waals surface area (Å²) in [6.07, 6.45) is 1.81. The molecule has 0 radical (unpaired) electrons. The normalized spacial score (nSPS) is 20.5. The van der Waals surface area contributed by atoms with Crippen LogP contribution < -0.4 is 0 Å². The van der Waals surface area contributed by atoms with E-state index in [2.05, 4.69) is 10.1 Å². The van der Waals surface area contributed by atoms with Gasteiger partial charge in [0.15, 0.2) is 0 Å². The highest BCUT2D eigenvalue weighted by Crippen LogP contribution is 2.31. The van der Waals surface area contributed by atoms with Crippen LogP contribution in [0.25, 0.3) is 0 Å². The Hall–Kier alpha value is -2.21. The number of pyridine rings is 1. The Morgan fingerprint density at radius 1 is 1.33 bits per heavy atom. The molecule has 0 aromatic carbocycles. The first-order chi connectivity index (χ1) is 11.6. The number of methoxy groups -OCH3 is 1. The van der Waals surface area contributed by atoms with Crippen molar-refractivity contribution in [1.82, 2.24) is 19.7 Å². The molecule has 1 aliphatic heterocycles. The highest BCUT2D eigenvalue weighted by atomic mass is 16.5. The minimum atomic E-state index is 0.0979. The van der Waals surface area contributed by atoms with Crippen LogP contribution >= 0.6 is 0 Å². The molecule has 1 saturated heterocycles. The molecule has 128 valence electrons. The zero-order valence-corrected chi connectivity index (χ0v) is 14.5. The van der Waals surface area contributed by atoms with E-state index < -0.39 is 0 Å². The van der Waals surface area contributed by atoms with Crippen molar-refractivity contribution >= 4 is 5.91 Å². The molecule has 0 aliphatic carbocycles. The Morgan fingerprint density at radius 2 is 2.17 bits per heavy atom. The standard InChI is InChI=1S/C18H24N4O2/c1-13-8-14(2)22(20-13)11-18(23)21-9-15(12-24-3)16(10-21)17-6-4-5-7-19-17/h4-8,15-16H,9-12H2,1-3H3/t15-,16+/m0/s1. The summed E-state index contributed by atoms with van der Waals surface area (Å²) < 4.78 is 7.14. The minimum absolute atomic E-state index is 0.0979. The third kappa shape index (κ3) is 3.48. The summed E-state index contributed by atoms with van der Waals surface area (Å²) in [5.74, 6) is 0.589. The first-order valence-electron chi connectivity index (χ1n) is 8.27. The van der Waals surface area contributed by atoms with E-state index in [-0.39, 0.29) is 24.3 Å². The van der Waals surface area contributed by atoms with Crippen LogP contribution in [0, 0.1) is 19.8 Å². The van der Waals surface area contributed by atoms with Gasteiger partial charge in [0.05, 0.1) is 12.3 Å². The number of hydrogen-bond donors (Lipinski definition) is 0. The number of carbonyl (C=O) groups excluding carboxylic acids is 1. The molecule has 3 heterocycles. The summed E-state index contributed by atoms with van der Waals surface area (Å²) in [4.78, 5) is 19.1. The van der Waals surface area contributed by atoms with Gasteiger partial charge in [0.25, 0.3) is 0 Å². The zero-order valence-electron chi connectivity index (χ0n) is 14.5. The molecular weight excluding hydrogens is 304 g/mol. The Morgan fingerprint density at radius 3 is 2.79 bits per heavy atom. The number of rotatable bonds is 5. The number of ether oxygens (including phenoxy) is 1. The molecule has 6 nitrogen and oxygen atoms in total. The quantitative estimate of drug-likeness (QED) is 0.839. The molecule has 2 atom stereocenters. The van der Waals surface area contributed by atoms with Crippen molar-refractivity contribution in [1.29, 1.82) is 0 Å². The van der Waals surface area contributed by atoms with Gasteiger partial charge in [-0.15, -0.1) is 0 Å². The number of likely N-dealkylation sites (tertiary alicyclic amines) is 1. The molecule has 6 heteroatoms. The average Bonchev–Trinajstić information content (AvgIpc) is 3.12. The van der Waals surface area contributed by atoms with Gasteiger partial charge in [0.1, 0.15) is 6.54 Å². The third-order valence-electron chi connectivity index (χ3n) is 4.63. The number of carbonyl (C=O) groups is 1. The Kier molecular flexibility index (Phi) is 4.94. The van der Waals surface area contributed by atoms with Crippen LogP contribution in [0.5, 0.6) is 0 Å². The maximum atomic E-state index is 12.7. The Bertz CT molecular complexity index is 698. The first-order valence-corrected chi connectivity index (χ1v) is 8.27. The van der Waals surface area contributed by atoms with E-state index in [9.17, 15) is 4.79 Å². The fourth-order valence-corrected chi connectivity index (χ4v) is 3.45. The van der Waals surface area contributed by atoms with Crippen LogP contribution in [0.15, 0.2) is 30.5 Å². The smallest absolute Gasteiger partial charge is 0.244 e. The van der Waals surface area contributed by atoms with E-state index in [4.69, 9.17) is 4.74 Å². The number of amides is 1. The Balaban J connectivity index is 1.72. The van der Waals surface area contributed by atoms with Crippen molar-refractivity contribution in [3.63, 3.8) is 0 Å². The monoisotopic (exact) mass is 328 g/mol. The number of hydrogen-bond acceptors (Lipinski definition) is 4. The van der Waals surface area contributed by atoms with E-state index in [1.165, 1.54) is 0 Å². The lowest BCUT2D eigenvalue weighted by molar-refractivity contribution is -0.131. The molecule has 0 N–H and O–H groups in total. The fraction of sp³-hybridized carbons (Fsp3) is 0.500. The highest BCUT2D eigenvalue weighted by molar-refractivity contribution is 5.76. The van der Waals surface area contributed by atoms with E-state index >= 15 is 0 Å². The fourth-order valence-electron chi connectivity index (χ4n) is 3.45. The lowest BCUT2D eigenvalue weighted by Gasteiger charge is -2.17. The first kappa shape index (κ1) is 16.6. The summed E-state index contributed by atoms with van der Waals surface area (Å²) in [5.41, 5.74) is 2.97. The van der Waals surface area contributed by atoms with Gasteiger partial charge in [0.2, 0.25) is 5.91 Å². The highest BCUT2D eigenvalue weighted by Gasteiger charge is 2.36. The van der Waals surface area contributed by atoms with Gasteiger partial charge in [-0.25, -0.2) is 0 Å². The van der Waals surface area contributed by atoms with Crippen molar-refractivity contribution in [2.24, 2.45) is 5.92 Å². The van der Waals surface area contributed by atoms with Crippen LogP contribution in [-0.2, 0) is 16.1 Å². The molecule has 1 amide bonds. The summed E-state index contributed by atoms with van der Waals surface area (Å²) in [5, 5.41) is 4.39. The zero-order chi connectivity index (χ0) is 17.1. The molecule has 0 bridgehead atoms. The van der Waals surface area contributed by atoms with Crippen LogP contribution in [0.4, 0.5) is 0 Å². The van der Waals surface area contributed by atoms with Gasteiger partial charge in [-0.2, -0.15) is 5.10 Å². The van der Waals surface area contributed by atoms with Crippen molar-refractivity contribution in [3.05, 3.63) is 47.5 Å². The van der Waals surface area contributed by atoms with Crippen molar-refractivity contribution in [2.45, 2.75) is 26.3 Å². The molecular formula is C18H24N4O2. The second kappa shape index (κ2) is 7.13. The second-order valence-electron chi connectivity index (χ2n) is 6.46.